The van der Waals surface area contributed by atoms with Gasteiger partial charge in [-0.1, -0.05) is 19.9 Å². The van der Waals surface area contributed by atoms with Crippen molar-refractivity contribution in [2.75, 3.05) is 27.3 Å². The molecule has 0 bridgehead atoms. The Morgan fingerprint density at radius 1 is 1.15 bits per heavy atom. The van der Waals surface area contributed by atoms with Crippen molar-refractivity contribution in [3.05, 3.63) is 23.8 Å². The van der Waals surface area contributed by atoms with Gasteiger partial charge in [-0.2, -0.15) is 0 Å². The van der Waals surface area contributed by atoms with Gasteiger partial charge < -0.3 is 15.2 Å². The number of rotatable bonds is 8. The average Bonchev–Trinajstić information content (AvgIpc) is 2.51. The maximum absolute atomic E-state index is 5.96. The predicted molar refractivity (Wildman–Crippen MR) is 83.4 cm³/mol. The van der Waals surface area contributed by atoms with Crippen molar-refractivity contribution in [2.45, 2.75) is 39.3 Å². The Bertz CT molecular complexity index is 417. The molecule has 20 heavy (non-hydrogen) atoms. The highest BCUT2D eigenvalue weighted by atomic mass is 16.5. The maximum Gasteiger partial charge on any atom is 0.161 e. The fraction of sp³-hybridized carbons (Fsp3) is 0.625. The molecule has 0 amide bonds. The third kappa shape index (κ3) is 3.64. The Hall–Kier alpha value is -1.26. The van der Waals surface area contributed by atoms with Crippen molar-refractivity contribution in [3.8, 4) is 11.5 Å². The fourth-order valence-corrected chi connectivity index (χ4v) is 2.38. The van der Waals surface area contributed by atoms with E-state index in [1.165, 1.54) is 5.56 Å². The molecule has 0 fully saturated rings. The van der Waals surface area contributed by atoms with Crippen LogP contribution in [0.4, 0.5) is 0 Å². The van der Waals surface area contributed by atoms with Gasteiger partial charge in [-0.15, -0.1) is 0 Å². The summed E-state index contributed by atoms with van der Waals surface area (Å²) in [5.41, 5.74) is 7.20. The Morgan fingerprint density at radius 2 is 1.80 bits per heavy atom. The maximum atomic E-state index is 5.96. The lowest BCUT2D eigenvalue weighted by Gasteiger charge is -2.39. The minimum atomic E-state index is 0.0297. The first kappa shape index (κ1) is 16.8. The summed E-state index contributed by atoms with van der Waals surface area (Å²) < 4.78 is 10.6. The summed E-state index contributed by atoms with van der Waals surface area (Å²) in [7, 11) is 3.31. The first-order chi connectivity index (χ1) is 9.54. The smallest absolute Gasteiger partial charge is 0.161 e. The fourth-order valence-electron chi connectivity index (χ4n) is 2.38. The van der Waals surface area contributed by atoms with Crippen LogP contribution in [0.1, 0.15) is 32.8 Å². The Morgan fingerprint density at radius 3 is 2.25 bits per heavy atom. The highest BCUT2D eigenvalue weighted by Crippen LogP contribution is 2.29. The second-order valence-electron chi connectivity index (χ2n) is 5.26. The molecule has 0 radical (unpaired) electrons. The molecule has 1 atom stereocenters. The average molecular weight is 280 g/mol. The van der Waals surface area contributed by atoms with Crippen LogP contribution in [0.3, 0.4) is 0 Å². The quantitative estimate of drug-likeness (QED) is 0.795. The minimum Gasteiger partial charge on any atom is -0.493 e. The van der Waals surface area contributed by atoms with E-state index in [1.54, 1.807) is 14.2 Å². The molecule has 1 unspecified atom stereocenters. The van der Waals surface area contributed by atoms with Crippen molar-refractivity contribution < 1.29 is 9.47 Å². The first-order valence-electron chi connectivity index (χ1n) is 7.20. The zero-order valence-corrected chi connectivity index (χ0v) is 13.4. The monoisotopic (exact) mass is 280 g/mol. The molecule has 0 heterocycles. The van der Waals surface area contributed by atoms with E-state index in [-0.39, 0.29) is 5.54 Å². The molecule has 0 aliphatic heterocycles. The van der Waals surface area contributed by atoms with E-state index in [9.17, 15) is 0 Å². The topological polar surface area (TPSA) is 47.7 Å². The highest BCUT2D eigenvalue weighted by molar-refractivity contribution is 5.42. The van der Waals surface area contributed by atoms with Crippen LogP contribution >= 0.6 is 0 Å². The van der Waals surface area contributed by atoms with E-state index in [0.29, 0.717) is 6.54 Å². The Kier molecular flexibility index (Phi) is 6.30. The summed E-state index contributed by atoms with van der Waals surface area (Å²) in [6.07, 6.45) is 1.03. The molecule has 4 heteroatoms. The minimum absolute atomic E-state index is 0.0297. The van der Waals surface area contributed by atoms with Gasteiger partial charge in [0.1, 0.15) is 0 Å². The summed E-state index contributed by atoms with van der Waals surface area (Å²) >= 11 is 0. The molecule has 114 valence electrons. The standard InChI is InChI=1S/C16H28N2O2/c1-6-16(3,12-17)18(7-2)11-13-8-9-14(19-4)15(10-13)20-5/h8-10H,6-7,11-12,17H2,1-5H3. The van der Waals surface area contributed by atoms with Gasteiger partial charge in [-0.25, -0.2) is 0 Å². The van der Waals surface area contributed by atoms with Crippen LogP contribution in [0.2, 0.25) is 0 Å². The predicted octanol–water partition coefficient (Wildman–Crippen LogP) is 2.65. The number of ether oxygens (including phenoxy) is 2. The summed E-state index contributed by atoms with van der Waals surface area (Å²) in [4.78, 5) is 2.41. The van der Waals surface area contributed by atoms with Crippen LogP contribution in [0.15, 0.2) is 18.2 Å². The van der Waals surface area contributed by atoms with Gasteiger partial charge in [0.15, 0.2) is 11.5 Å². The number of hydrogen-bond acceptors (Lipinski definition) is 4. The van der Waals surface area contributed by atoms with Crippen molar-refractivity contribution >= 4 is 0 Å². The Balaban J connectivity index is 2.96. The SMILES string of the molecule is CCN(Cc1ccc(OC)c(OC)c1)C(C)(CC)CN. The largest absolute Gasteiger partial charge is 0.493 e. The number of nitrogens with two attached hydrogens (primary N) is 1. The zero-order valence-electron chi connectivity index (χ0n) is 13.4. The van der Waals surface area contributed by atoms with Crippen LogP contribution in [-0.4, -0.2) is 37.7 Å². The molecule has 0 aliphatic rings. The van der Waals surface area contributed by atoms with Crippen LogP contribution in [0.5, 0.6) is 11.5 Å². The second kappa shape index (κ2) is 7.50. The van der Waals surface area contributed by atoms with Gasteiger partial charge >= 0.3 is 0 Å². The van der Waals surface area contributed by atoms with Gasteiger partial charge in [0.2, 0.25) is 0 Å². The third-order valence-corrected chi connectivity index (χ3v) is 4.17. The van der Waals surface area contributed by atoms with E-state index in [0.717, 1.165) is 31.0 Å². The normalized spacial score (nSPS) is 14.2. The molecule has 0 spiro atoms. The molecular formula is C16H28N2O2. The number of likely N-dealkylation sites (N-methyl/N-ethyl adjacent to an activating group) is 1. The van der Waals surface area contributed by atoms with Crippen molar-refractivity contribution in [1.29, 1.82) is 0 Å². The molecule has 0 aromatic heterocycles. The van der Waals surface area contributed by atoms with Crippen molar-refractivity contribution in [1.82, 2.24) is 4.90 Å². The van der Waals surface area contributed by atoms with Crippen molar-refractivity contribution in [3.63, 3.8) is 0 Å². The zero-order chi connectivity index (χ0) is 15.2. The molecule has 1 aromatic rings. The van der Waals surface area contributed by atoms with Crippen LogP contribution in [0.25, 0.3) is 0 Å². The van der Waals surface area contributed by atoms with Gasteiger partial charge in [-0.3, -0.25) is 4.90 Å². The van der Waals surface area contributed by atoms with Crippen LogP contribution in [0, 0.1) is 0 Å². The van der Waals surface area contributed by atoms with E-state index in [2.05, 4.69) is 31.7 Å². The molecule has 0 aliphatic carbocycles. The van der Waals surface area contributed by atoms with Gasteiger partial charge in [0.25, 0.3) is 0 Å². The number of nitrogens with zero attached hydrogens (tertiary/aromatic N) is 1. The summed E-state index contributed by atoms with van der Waals surface area (Å²) in [5, 5.41) is 0. The summed E-state index contributed by atoms with van der Waals surface area (Å²) in [5.74, 6) is 1.53. The van der Waals surface area contributed by atoms with E-state index < -0.39 is 0 Å². The molecular weight excluding hydrogens is 252 g/mol. The third-order valence-electron chi connectivity index (χ3n) is 4.17. The van der Waals surface area contributed by atoms with Gasteiger partial charge in [0, 0.05) is 18.6 Å². The number of hydrogen-bond donors (Lipinski definition) is 1. The lowest BCUT2D eigenvalue weighted by molar-refractivity contribution is 0.104. The molecule has 1 aromatic carbocycles. The summed E-state index contributed by atoms with van der Waals surface area (Å²) in [6.45, 7) is 9.06. The lowest BCUT2D eigenvalue weighted by Crippen LogP contribution is -2.50. The second-order valence-corrected chi connectivity index (χ2v) is 5.26. The molecule has 2 N–H and O–H groups in total. The van der Waals surface area contributed by atoms with E-state index in [4.69, 9.17) is 15.2 Å². The lowest BCUT2D eigenvalue weighted by atomic mass is 9.95. The van der Waals surface area contributed by atoms with E-state index in [1.807, 2.05) is 12.1 Å². The molecule has 0 saturated heterocycles. The van der Waals surface area contributed by atoms with Gasteiger partial charge in [0.05, 0.1) is 14.2 Å². The van der Waals surface area contributed by atoms with E-state index >= 15 is 0 Å². The number of benzene rings is 1. The van der Waals surface area contributed by atoms with Crippen molar-refractivity contribution in [2.24, 2.45) is 5.73 Å². The number of methoxy groups -OCH3 is 2. The van der Waals surface area contributed by atoms with Gasteiger partial charge in [-0.05, 0) is 37.6 Å². The van der Waals surface area contributed by atoms with Crippen LogP contribution < -0.4 is 15.2 Å². The first-order valence-corrected chi connectivity index (χ1v) is 7.20. The summed E-state index contributed by atoms with van der Waals surface area (Å²) in [6, 6.07) is 6.07. The molecule has 1 rings (SSSR count). The Labute approximate surface area is 122 Å². The highest BCUT2D eigenvalue weighted by Gasteiger charge is 2.27. The molecule has 4 nitrogen and oxygen atoms in total. The van der Waals surface area contributed by atoms with Crippen LogP contribution in [-0.2, 0) is 6.54 Å². The molecule has 0 saturated carbocycles.